The molecule has 4 aliphatic carbocycles. The average molecular weight is 591 g/mol. The number of rotatable bonds is 4. The van der Waals surface area contributed by atoms with Crippen molar-refractivity contribution in [3.63, 3.8) is 0 Å². The highest BCUT2D eigenvalue weighted by Crippen LogP contribution is 2.73. The van der Waals surface area contributed by atoms with Gasteiger partial charge in [0.05, 0.1) is 5.41 Å². The van der Waals surface area contributed by atoms with Crippen LogP contribution in [-0.4, -0.2) is 0 Å². The maximum absolute atomic E-state index is 2.50. The lowest BCUT2D eigenvalue weighted by atomic mass is 9.51. The van der Waals surface area contributed by atoms with Crippen molar-refractivity contribution in [2.75, 3.05) is 0 Å². The Kier molecular flexibility index (Phi) is 6.63. The molecule has 2 bridgehead atoms. The third-order valence-electron chi connectivity index (χ3n) is 10.9. The van der Waals surface area contributed by atoms with Crippen LogP contribution in [0.1, 0.15) is 115 Å². The SMILES string of the molecule is CCC1C(c2c(C(C)(C)C)ccc3c2Cc2cc(C(C)(C)C)ccc2-3)=C2C(C(C)(C)C)=C1C2(c1ccccc1)c1ccccc1. The summed E-state index contributed by atoms with van der Waals surface area (Å²) in [4.78, 5) is 0. The molecule has 45 heavy (non-hydrogen) atoms. The lowest BCUT2D eigenvalue weighted by Gasteiger charge is -2.50. The van der Waals surface area contributed by atoms with Gasteiger partial charge in [0, 0.05) is 5.92 Å². The normalized spacial score (nSPS) is 18.7. The van der Waals surface area contributed by atoms with Gasteiger partial charge in [0.25, 0.3) is 0 Å². The average Bonchev–Trinajstić information content (AvgIpc) is 3.62. The molecule has 4 aromatic carbocycles. The number of benzene rings is 4. The fraction of sp³-hybridized carbons (Fsp3) is 0.378. The van der Waals surface area contributed by atoms with Gasteiger partial charge in [-0.15, -0.1) is 0 Å². The minimum atomic E-state index is -0.218. The summed E-state index contributed by atoms with van der Waals surface area (Å²) in [6, 6.07) is 35.0. The zero-order valence-corrected chi connectivity index (χ0v) is 29.2. The van der Waals surface area contributed by atoms with E-state index in [0.717, 1.165) is 12.8 Å². The van der Waals surface area contributed by atoms with E-state index in [1.165, 1.54) is 38.9 Å². The molecule has 4 aromatic rings. The van der Waals surface area contributed by atoms with Crippen molar-refractivity contribution in [3.05, 3.63) is 147 Å². The minimum Gasteiger partial charge on any atom is -0.0645 e. The Hall–Kier alpha value is -3.64. The van der Waals surface area contributed by atoms with Gasteiger partial charge in [0.2, 0.25) is 0 Å². The zero-order chi connectivity index (χ0) is 32.1. The van der Waals surface area contributed by atoms with E-state index >= 15 is 0 Å². The predicted molar refractivity (Wildman–Crippen MR) is 193 cm³/mol. The summed E-state index contributed by atoms with van der Waals surface area (Å²) in [5.74, 6) is 0.385. The Morgan fingerprint density at radius 3 is 1.73 bits per heavy atom. The summed E-state index contributed by atoms with van der Waals surface area (Å²) >= 11 is 0. The van der Waals surface area contributed by atoms with Crippen molar-refractivity contribution in [1.82, 2.24) is 0 Å². The molecule has 0 saturated heterocycles. The highest BCUT2D eigenvalue weighted by Gasteiger charge is 2.63. The Morgan fingerprint density at radius 2 is 1.22 bits per heavy atom. The molecule has 0 nitrogen and oxygen atoms in total. The molecule has 0 spiro atoms. The molecule has 1 atom stereocenters. The van der Waals surface area contributed by atoms with Gasteiger partial charge < -0.3 is 0 Å². The Labute approximate surface area is 272 Å². The number of hydrogen-bond acceptors (Lipinski definition) is 0. The maximum atomic E-state index is 2.50. The van der Waals surface area contributed by atoms with E-state index < -0.39 is 0 Å². The van der Waals surface area contributed by atoms with Crippen LogP contribution in [0, 0.1) is 11.3 Å². The third-order valence-corrected chi connectivity index (χ3v) is 10.9. The van der Waals surface area contributed by atoms with Crippen LogP contribution in [-0.2, 0) is 22.7 Å². The number of allylic oxidation sites excluding steroid dienone is 4. The van der Waals surface area contributed by atoms with Crippen LogP contribution in [0.15, 0.2) is 108 Å². The monoisotopic (exact) mass is 590 g/mol. The second kappa shape index (κ2) is 9.93. The van der Waals surface area contributed by atoms with Crippen molar-refractivity contribution < 1.29 is 0 Å². The molecule has 0 aromatic heterocycles. The molecule has 0 saturated carbocycles. The standard InChI is InChI=1S/C45H50/c1-11-32-38(37-35-27-28-26-31(42(2,3)4)22-23-33(28)34(35)24-25-36(37)43(5,6)7)40-41(44(8,9)10)39(32)45(40,29-18-14-12-15-19-29)30-20-16-13-17-21-30/h12-26,32H,11,27H2,1-10H3. The molecule has 0 aliphatic heterocycles. The fourth-order valence-electron chi connectivity index (χ4n) is 8.98. The highest BCUT2D eigenvalue weighted by atomic mass is 14.6. The van der Waals surface area contributed by atoms with Gasteiger partial charge in [-0.3, -0.25) is 0 Å². The molecular weight excluding hydrogens is 540 g/mol. The van der Waals surface area contributed by atoms with Crippen molar-refractivity contribution in [1.29, 1.82) is 0 Å². The Bertz CT molecular complexity index is 1830. The quantitative estimate of drug-likeness (QED) is 0.195. The second-order valence-electron chi connectivity index (χ2n) is 16.8. The van der Waals surface area contributed by atoms with Gasteiger partial charge in [0.1, 0.15) is 0 Å². The van der Waals surface area contributed by atoms with E-state index in [9.17, 15) is 0 Å². The first kappa shape index (κ1) is 30.0. The topological polar surface area (TPSA) is 0 Å². The van der Waals surface area contributed by atoms with E-state index in [1.54, 1.807) is 33.4 Å². The molecule has 8 rings (SSSR count). The lowest BCUT2D eigenvalue weighted by molar-refractivity contribution is 0.444. The van der Waals surface area contributed by atoms with E-state index in [-0.39, 0.29) is 21.7 Å². The molecule has 1 unspecified atom stereocenters. The summed E-state index contributed by atoms with van der Waals surface area (Å²) in [6.45, 7) is 23.9. The summed E-state index contributed by atoms with van der Waals surface area (Å²) < 4.78 is 0. The van der Waals surface area contributed by atoms with Crippen molar-refractivity contribution in [3.8, 4) is 11.1 Å². The van der Waals surface area contributed by atoms with E-state index in [4.69, 9.17) is 0 Å². The molecule has 0 N–H and O–H groups in total. The van der Waals surface area contributed by atoms with Crippen LogP contribution in [0.5, 0.6) is 0 Å². The molecule has 230 valence electrons. The zero-order valence-electron chi connectivity index (χ0n) is 29.2. The molecule has 4 aliphatic rings. The second-order valence-corrected chi connectivity index (χ2v) is 16.8. The van der Waals surface area contributed by atoms with Crippen LogP contribution in [0.4, 0.5) is 0 Å². The van der Waals surface area contributed by atoms with Crippen LogP contribution in [0.2, 0.25) is 0 Å². The first-order chi connectivity index (χ1) is 21.2. The van der Waals surface area contributed by atoms with Crippen LogP contribution < -0.4 is 0 Å². The lowest BCUT2D eigenvalue weighted by Crippen LogP contribution is -2.43. The summed E-state index contributed by atoms with van der Waals surface area (Å²) in [6.07, 6.45) is 2.11. The van der Waals surface area contributed by atoms with Gasteiger partial charge >= 0.3 is 0 Å². The number of fused-ring (bicyclic) bond motifs is 4. The van der Waals surface area contributed by atoms with Gasteiger partial charge in [-0.1, -0.05) is 160 Å². The van der Waals surface area contributed by atoms with Crippen LogP contribution in [0.3, 0.4) is 0 Å². The Balaban J connectivity index is 1.59. The fourth-order valence-corrected chi connectivity index (χ4v) is 8.98. The first-order valence-electron chi connectivity index (χ1n) is 17.1. The van der Waals surface area contributed by atoms with Gasteiger partial charge in [-0.25, -0.2) is 0 Å². The van der Waals surface area contributed by atoms with E-state index in [1.807, 2.05) is 0 Å². The van der Waals surface area contributed by atoms with E-state index in [0.29, 0.717) is 5.92 Å². The summed E-state index contributed by atoms with van der Waals surface area (Å²) in [5, 5.41) is 0. The first-order valence-corrected chi connectivity index (χ1v) is 17.1. The molecule has 0 heterocycles. The molecule has 0 amide bonds. The molecule has 0 radical (unpaired) electrons. The van der Waals surface area contributed by atoms with Gasteiger partial charge in [0.15, 0.2) is 0 Å². The Morgan fingerprint density at radius 1 is 0.644 bits per heavy atom. The predicted octanol–water partition coefficient (Wildman–Crippen LogP) is 12.0. The minimum absolute atomic E-state index is 0.0171. The van der Waals surface area contributed by atoms with Crippen molar-refractivity contribution in [2.45, 2.75) is 98.3 Å². The highest BCUT2D eigenvalue weighted by molar-refractivity contribution is 5.99. The van der Waals surface area contributed by atoms with Crippen LogP contribution in [0.25, 0.3) is 16.7 Å². The summed E-state index contributed by atoms with van der Waals surface area (Å²) in [7, 11) is 0. The van der Waals surface area contributed by atoms with Gasteiger partial charge in [-0.2, -0.15) is 0 Å². The third kappa shape index (κ3) is 4.24. The largest absolute Gasteiger partial charge is 0.0679 e. The molecular formula is C45H50. The van der Waals surface area contributed by atoms with E-state index in [2.05, 4.69) is 160 Å². The molecule has 0 heteroatoms. The van der Waals surface area contributed by atoms with Crippen molar-refractivity contribution >= 4 is 5.57 Å². The van der Waals surface area contributed by atoms with Crippen LogP contribution >= 0.6 is 0 Å². The smallest absolute Gasteiger partial charge is 0.0645 e. The van der Waals surface area contributed by atoms with Crippen molar-refractivity contribution in [2.24, 2.45) is 11.3 Å². The number of hydrogen-bond donors (Lipinski definition) is 0. The summed E-state index contributed by atoms with van der Waals surface area (Å²) in [5.41, 5.74) is 19.6. The maximum Gasteiger partial charge on any atom is 0.0679 e. The van der Waals surface area contributed by atoms with Gasteiger partial charge in [-0.05, 0) is 101 Å². The molecule has 0 fully saturated rings.